The number of aryl methyl sites for hydroxylation is 1. The summed E-state index contributed by atoms with van der Waals surface area (Å²) in [6.45, 7) is 5.38. The molecular formula is C26H27N3O3. The molecule has 1 amide bonds. The van der Waals surface area contributed by atoms with Crippen LogP contribution in [-0.4, -0.2) is 39.3 Å². The molecule has 0 N–H and O–H groups in total. The van der Waals surface area contributed by atoms with Gasteiger partial charge in [-0.2, -0.15) is 5.10 Å². The molecule has 3 aromatic rings. The third-order valence-electron chi connectivity index (χ3n) is 7.06. The molecule has 0 atom stereocenters. The van der Waals surface area contributed by atoms with Gasteiger partial charge in [0.15, 0.2) is 0 Å². The standard InChI is InChI=1S/C26H27N3O3/c1-25(2)15-17-7-6-9-19(23(17)32-25)24(30)29-13-11-26(12-14-29)20-16-27-28(3)22(20)18-8-4-5-10-21(18)31-26/h4-10,16H,11-15H2,1-3H3. The minimum absolute atomic E-state index is 0.0389. The maximum atomic E-state index is 13.5. The Hall–Kier alpha value is -3.28. The van der Waals surface area contributed by atoms with E-state index in [1.165, 1.54) is 0 Å². The molecule has 164 valence electrons. The number of nitrogens with zero attached hydrogens (tertiary/aromatic N) is 3. The van der Waals surface area contributed by atoms with E-state index in [4.69, 9.17) is 9.47 Å². The molecule has 6 rings (SSSR count). The van der Waals surface area contributed by atoms with Crippen LogP contribution < -0.4 is 9.47 Å². The van der Waals surface area contributed by atoms with Crippen LogP contribution >= 0.6 is 0 Å². The van der Waals surface area contributed by atoms with Gasteiger partial charge in [0.1, 0.15) is 22.7 Å². The number of aromatic nitrogens is 2. The van der Waals surface area contributed by atoms with Crippen molar-refractivity contribution < 1.29 is 14.3 Å². The quantitative estimate of drug-likeness (QED) is 0.578. The first-order chi connectivity index (χ1) is 15.4. The van der Waals surface area contributed by atoms with Crippen LogP contribution in [0, 0.1) is 0 Å². The van der Waals surface area contributed by atoms with E-state index in [1.807, 2.05) is 53.2 Å². The number of fused-ring (bicyclic) bond motifs is 5. The molecule has 3 aliphatic heterocycles. The SMILES string of the molecule is Cn1ncc2c1-c1ccccc1OC21CCN(C(=O)c2cccc3c2OC(C)(C)C3)CC1. The van der Waals surface area contributed by atoms with Crippen LogP contribution in [0.15, 0.2) is 48.7 Å². The van der Waals surface area contributed by atoms with Crippen molar-refractivity contribution in [2.45, 2.75) is 44.3 Å². The molecule has 32 heavy (non-hydrogen) atoms. The fourth-order valence-electron chi connectivity index (χ4n) is 5.50. The van der Waals surface area contributed by atoms with Crippen LogP contribution in [0.3, 0.4) is 0 Å². The van der Waals surface area contributed by atoms with Gasteiger partial charge >= 0.3 is 0 Å². The van der Waals surface area contributed by atoms with Gasteiger partial charge in [-0.25, -0.2) is 0 Å². The van der Waals surface area contributed by atoms with E-state index < -0.39 is 5.60 Å². The topological polar surface area (TPSA) is 56.6 Å². The van der Waals surface area contributed by atoms with Crippen molar-refractivity contribution in [1.29, 1.82) is 0 Å². The summed E-state index contributed by atoms with van der Waals surface area (Å²) in [5.74, 6) is 1.68. The first-order valence-corrected chi connectivity index (χ1v) is 11.3. The maximum absolute atomic E-state index is 13.5. The highest BCUT2D eigenvalue weighted by Gasteiger charge is 2.46. The number of para-hydroxylation sites is 2. The normalized spacial score (nSPS) is 19.5. The molecular weight excluding hydrogens is 402 g/mol. The summed E-state index contributed by atoms with van der Waals surface area (Å²) in [5, 5.41) is 4.54. The van der Waals surface area contributed by atoms with Gasteiger partial charge in [0.2, 0.25) is 0 Å². The smallest absolute Gasteiger partial charge is 0.257 e. The summed E-state index contributed by atoms with van der Waals surface area (Å²) < 4.78 is 14.7. The second-order valence-electron chi connectivity index (χ2n) is 9.75. The minimum atomic E-state index is -0.453. The Morgan fingerprint density at radius 3 is 2.62 bits per heavy atom. The van der Waals surface area contributed by atoms with Crippen molar-refractivity contribution >= 4 is 5.91 Å². The third-order valence-corrected chi connectivity index (χ3v) is 7.06. The fourth-order valence-corrected chi connectivity index (χ4v) is 5.50. The molecule has 1 fully saturated rings. The molecule has 6 nitrogen and oxygen atoms in total. The van der Waals surface area contributed by atoms with Gasteiger partial charge in [0.05, 0.1) is 17.5 Å². The molecule has 0 saturated carbocycles. The minimum Gasteiger partial charge on any atom is -0.486 e. The number of ether oxygens (including phenoxy) is 2. The summed E-state index contributed by atoms with van der Waals surface area (Å²) in [6, 6.07) is 14.0. The number of carbonyl (C=O) groups is 1. The predicted octanol–water partition coefficient (Wildman–Crippen LogP) is 4.32. The van der Waals surface area contributed by atoms with E-state index >= 15 is 0 Å². The first kappa shape index (κ1) is 19.4. The number of rotatable bonds is 1. The lowest BCUT2D eigenvalue weighted by Gasteiger charge is -2.44. The average Bonchev–Trinajstić information content (AvgIpc) is 3.33. The van der Waals surface area contributed by atoms with Crippen molar-refractivity contribution in [3.63, 3.8) is 0 Å². The van der Waals surface area contributed by atoms with Gasteiger partial charge in [-0.3, -0.25) is 9.48 Å². The van der Waals surface area contributed by atoms with E-state index in [0.717, 1.165) is 53.1 Å². The van der Waals surface area contributed by atoms with E-state index in [-0.39, 0.29) is 11.5 Å². The molecule has 1 aromatic heterocycles. The summed E-state index contributed by atoms with van der Waals surface area (Å²) >= 11 is 0. The lowest BCUT2D eigenvalue weighted by atomic mass is 9.81. The molecule has 0 bridgehead atoms. The lowest BCUT2D eigenvalue weighted by Crippen LogP contribution is -2.49. The Morgan fingerprint density at radius 1 is 1.03 bits per heavy atom. The summed E-state index contributed by atoms with van der Waals surface area (Å²) in [7, 11) is 1.98. The molecule has 1 spiro atoms. The Balaban J connectivity index is 1.28. The van der Waals surface area contributed by atoms with Crippen molar-refractivity contribution in [3.8, 4) is 22.8 Å². The van der Waals surface area contributed by atoms with Crippen LogP contribution in [0.5, 0.6) is 11.5 Å². The average molecular weight is 430 g/mol. The van der Waals surface area contributed by atoms with Gasteiger partial charge in [-0.1, -0.05) is 24.3 Å². The number of likely N-dealkylation sites (tertiary alicyclic amines) is 1. The van der Waals surface area contributed by atoms with Crippen molar-refractivity contribution in [1.82, 2.24) is 14.7 Å². The highest BCUT2D eigenvalue weighted by Crippen LogP contribution is 2.49. The highest BCUT2D eigenvalue weighted by atomic mass is 16.5. The van der Waals surface area contributed by atoms with E-state index in [2.05, 4.69) is 31.1 Å². The Morgan fingerprint density at radius 2 is 1.81 bits per heavy atom. The molecule has 4 heterocycles. The number of piperidine rings is 1. The van der Waals surface area contributed by atoms with Gasteiger partial charge in [-0.15, -0.1) is 0 Å². The number of benzene rings is 2. The van der Waals surface area contributed by atoms with Crippen molar-refractivity contribution in [3.05, 3.63) is 65.4 Å². The van der Waals surface area contributed by atoms with Gasteiger partial charge < -0.3 is 14.4 Å². The van der Waals surface area contributed by atoms with Gasteiger partial charge in [-0.05, 0) is 37.6 Å². The zero-order chi connectivity index (χ0) is 22.1. The van der Waals surface area contributed by atoms with E-state index in [1.54, 1.807) is 0 Å². The number of carbonyl (C=O) groups excluding carboxylic acids is 1. The zero-order valence-corrected chi connectivity index (χ0v) is 18.7. The number of hydrogen-bond acceptors (Lipinski definition) is 4. The largest absolute Gasteiger partial charge is 0.486 e. The second kappa shape index (κ2) is 6.61. The molecule has 0 radical (unpaired) electrons. The number of hydrogen-bond donors (Lipinski definition) is 0. The predicted molar refractivity (Wildman–Crippen MR) is 121 cm³/mol. The highest BCUT2D eigenvalue weighted by molar-refractivity contribution is 5.97. The van der Waals surface area contributed by atoms with E-state index in [9.17, 15) is 4.79 Å². The monoisotopic (exact) mass is 429 g/mol. The fraction of sp³-hybridized carbons (Fsp3) is 0.385. The van der Waals surface area contributed by atoms with Crippen molar-refractivity contribution in [2.24, 2.45) is 7.05 Å². The second-order valence-corrected chi connectivity index (χ2v) is 9.75. The number of amides is 1. The van der Waals surface area contributed by atoms with Gasteiger partial charge in [0.25, 0.3) is 5.91 Å². The lowest BCUT2D eigenvalue weighted by molar-refractivity contribution is -0.00186. The van der Waals surface area contributed by atoms with Gasteiger partial charge in [0, 0.05) is 50.5 Å². The van der Waals surface area contributed by atoms with Crippen LogP contribution in [0.4, 0.5) is 0 Å². The molecule has 0 aliphatic carbocycles. The molecule has 2 aromatic carbocycles. The van der Waals surface area contributed by atoms with Crippen LogP contribution in [0.25, 0.3) is 11.3 Å². The van der Waals surface area contributed by atoms with Crippen LogP contribution in [0.2, 0.25) is 0 Å². The van der Waals surface area contributed by atoms with Crippen molar-refractivity contribution in [2.75, 3.05) is 13.1 Å². The Bertz CT molecular complexity index is 1230. The van der Waals surface area contributed by atoms with Crippen LogP contribution in [0.1, 0.15) is 48.2 Å². The third kappa shape index (κ3) is 2.78. The maximum Gasteiger partial charge on any atom is 0.257 e. The molecule has 1 saturated heterocycles. The Labute approximate surface area is 187 Å². The summed E-state index contributed by atoms with van der Waals surface area (Å²) in [4.78, 5) is 15.4. The summed E-state index contributed by atoms with van der Waals surface area (Å²) in [5.41, 5.74) is 4.37. The van der Waals surface area contributed by atoms with Crippen LogP contribution in [-0.2, 0) is 19.1 Å². The van der Waals surface area contributed by atoms with E-state index in [0.29, 0.717) is 18.7 Å². The molecule has 0 unspecified atom stereocenters. The Kier molecular flexibility index (Phi) is 4.01. The summed E-state index contributed by atoms with van der Waals surface area (Å²) in [6.07, 6.45) is 4.21. The first-order valence-electron chi connectivity index (χ1n) is 11.3. The molecule has 3 aliphatic rings. The zero-order valence-electron chi connectivity index (χ0n) is 18.7. The molecule has 6 heteroatoms.